The third-order valence-corrected chi connectivity index (χ3v) is 3.93. The van der Waals surface area contributed by atoms with Gasteiger partial charge in [-0.25, -0.2) is 12.8 Å². The minimum Gasteiger partial charge on any atom is -0.389 e. The molecule has 0 atom stereocenters. The first-order valence-electron chi connectivity index (χ1n) is 5.31. The highest BCUT2D eigenvalue weighted by atomic mass is 32.2. The van der Waals surface area contributed by atoms with Gasteiger partial charge in [0.25, 0.3) is 0 Å². The summed E-state index contributed by atoms with van der Waals surface area (Å²) >= 11 is 4.68. The van der Waals surface area contributed by atoms with Gasteiger partial charge < -0.3 is 5.73 Å². The largest absolute Gasteiger partial charge is 0.389 e. The van der Waals surface area contributed by atoms with E-state index in [0.717, 1.165) is 6.07 Å². The molecule has 0 unspecified atom stereocenters. The number of hydrogen-bond donors (Lipinski definition) is 2. The zero-order chi connectivity index (χ0) is 13.9. The van der Waals surface area contributed by atoms with E-state index in [1.54, 1.807) is 13.8 Å². The average Bonchev–Trinajstić information content (AvgIpc) is 2.18. The minimum atomic E-state index is -3.45. The maximum atomic E-state index is 13.3. The van der Waals surface area contributed by atoms with Crippen molar-refractivity contribution in [3.63, 3.8) is 0 Å². The molecule has 0 spiro atoms. The molecule has 0 aliphatic carbocycles. The van der Waals surface area contributed by atoms with Gasteiger partial charge in [-0.3, -0.25) is 4.72 Å². The first-order valence-corrected chi connectivity index (χ1v) is 7.37. The number of nitrogens with one attached hydrogen (secondary N) is 1. The van der Waals surface area contributed by atoms with Crippen molar-refractivity contribution in [2.45, 2.75) is 13.8 Å². The van der Waals surface area contributed by atoms with Crippen molar-refractivity contribution in [3.05, 3.63) is 29.6 Å². The number of benzene rings is 1. The highest BCUT2D eigenvalue weighted by molar-refractivity contribution is 7.92. The molecule has 7 heteroatoms. The van der Waals surface area contributed by atoms with Gasteiger partial charge in [0.05, 0.1) is 5.75 Å². The first kappa shape index (κ1) is 14.8. The fourth-order valence-corrected chi connectivity index (χ4v) is 3.04. The average molecular weight is 290 g/mol. The van der Waals surface area contributed by atoms with Gasteiger partial charge in [0, 0.05) is 11.3 Å². The number of anilines is 1. The molecular weight excluding hydrogens is 275 g/mol. The van der Waals surface area contributed by atoms with E-state index in [9.17, 15) is 12.8 Å². The third-order valence-electron chi connectivity index (χ3n) is 2.06. The lowest BCUT2D eigenvalue weighted by Gasteiger charge is -2.11. The quantitative estimate of drug-likeness (QED) is 0.812. The monoisotopic (exact) mass is 290 g/mol. The van der Waals surface area contributed by atoms with Crippen LogP contribution in [-0.2, 0) is 10.0 Å². The third kappa shape index (κ3) is 4.23. The minimum absolute atomic E-state index is 0.00185. The van der Waals surface area contributed by atoms with Crippen molar-refractivity contribution in [3.8, 4) is 0 Å². The Morgan fingerprint density at radius 1 is 1.50 bits per heavy atom. The Labute approximate surface area is 111 Å². The van der Waals surface area contributed by atoms with Gasteiger partial charge in [-0.15, -0.1) is 0 Å². The molecule has 0 aromatic heterocycles. The Hall–Kier alpha value is -1.21. The van der Waals surface area contributed by atoms with E-state index in [2.05, 4.69) is 16.9 Å². The van der Waals surface area contributed by atoms with E-state index >= 15 is 0 Å². The van der Waals surface area contributed by atoms with E-state index in [-0.39, 0.29) is 27.9 Å². The molecule has 0 saturated carbocycles. The lowest BCUT2D eigenvalue weighted by atomic mass is 10.2. The molecule has 0 saturated heterocycles. The molecule has 100 valence electrons. The van der Waals surface area contributed by atoms with Crippen LogP contribution in [0.3, 0.4) is 0 Å². The molecule has 1 aromatic carbocycles. The number of halogens is 1. The number of rotatable bonds is 5. The van der Waals surface area contributed by atoms with E-state index in [1.165, 1.54) is 12.1 Å². The summed E-state index contributed by atoms with van der Waals surface area (Å²) in [6.07, 6.45) is 0. The zero-order valence-corrected chi connectivity index (χ0v) is 11.7. The molecular formula is C11H15FN2O2S2. The smallest absolute Gasteiger partial charge is 0.232 e. The molecule has 4 nitrogen and oxygen atoms in total. The molecule has 18 heavy (non-hydrogen) atoms. The van der Waals surface area contributed by atoms with Gasteiger partial charge in [-0.2, -0.15) is 0 Å². The molecule has 0 radical (unpaired) electrons. The molecule has 0 bridgehead atoms. The predicted molar refractivity (Wildman–Crippen MR) is 74.5 cm³/mol. The molecule has 0 fully saturated rings. The van der Waals surface area contributed by atoms with Crippen LogP contribution in [0.4, 0.5) is 10.1 Å². The Morgan fingerprint density at radius 2 is 2.11 bits per heavy atom. The normalized spacial score (nSPS) is 11.6. The summed E-state index contributed by atoms with van der Waals surface area (Å²) in [6.45, 7) is 3.59. The number of thiocarbonyl (C=S) groups is 1. The number of sulfonamides is 1. The van der Waals surface area contributed by atoms with Crippen molar-refractivity contribution in [1.82, 2.24) is 0 Å². The standard InChI is InChI=1S/C11H15FN2O2S2/c1-7(2)6-18(15,16)14-8-3-4-10(12)9(5-8)11(13)17/h3-5,7,14H,6H2,1-2H3,(H2,13,17). The molecule has 1 aromatic rings. The second-order valence-electron chi connectivity index (χ2n) is 4.34. The first-order chi connectivity index (χ1) is 8.21. The maximum Gasteiger partial charge on any atom is 0.232 e. The van der Waals surface area contributed by atoms with Crippen molar-refractivity contribution < 1.29 is 12.8 Å². The lowest BCUT2D eigenvalue weighted by molar-refractivity contribution is 0.587. The Balaban J connectivity index is 2.99. The Kier molecular flexibility index (Phi) is 4.64. The van der Waals surface area contributed by atoms with Crippen molar-refractivity contribution in [1.29, 1.82) is 0 Å². The summed E-state index contributed by atoms with van der Waals surface area (Å²) in [6, 6.07) is 3.74. The topological polar surface area (TPSA) is 72.2 Å². The maximum absolute atomic E-state index is 13.3. The lowest BCUT2D eigenvalue weighted by Crippen LogP contribution is -2.20. The van der Waals surface area contributed by atoms with E-state index < -0.39 is 15.8 Å². The second-order valence-corrected chi connectivity index (χ2v) is 6.54. The molecule has 1 rings (SSSR count). The summed E-state index contributed by atoms with van der Waals surface area (Å²) in [5.41, 5.74) is 5.61. The SMILES string of the molecule is CC(C)CS(=O)(=O)Nc1ccc(F)c(C(N)=S)c1. The van der Waals surface area contributed by atoms with Gasteiger partial charge in [-0.05, 0) is 24.1 Å². The molecule has 0 aliphatic heterocycles. The zero-order valence-electron chi connectivity index (χ0n) is 10.1. The van der Waals surface area contributed by atoms with Crippen molar-refractivity contribution in [2.75, 3.05) is 10.5 Å². The summed E-state index contributed by atoms with van der Waals surface area (Å²) < 4.78 is 39.1. The van der Waals surface area contributed by atoms with Crippen molar-refractivity contribution >= 4 is 32.9 Å². The number of hydrogen-bond acceptors (Lipinski definition) is 3. The van der Waals surface area contributed by atoms with Crippen LogP contribution in [0, 0.1) is 11.7 Å². The van der Waals surface area contributed by atoms with Crippen LogP contribution in [0.1, 0.15) is 19.4 Å². The molecule has 0 amide bonds. The predicted octanol–water partition coefficient (Wildman–Crippen LogP) is 1.86. The van der Waals surface area contributed by atoms with Crippen LogP contribution >= 0.6 is 12.2 Å². The van der Waals surface area contributed by atoms with Gasteiger partial charge in [0.2, 0.25) is 10.0 Å². The van der Waals surface area contributed by atoms with E-state index in [0.29, 0.717) is 0 Å². The Morgan fingerprint density at radius 3 is 2.61 bits per heavy atom. The summed E-state index contributed by atoms with van der Waals surface area (Å²) in [4.78, 5) is -0.114. The van der Waals surface area contributed by atoms with E-state index in [1.807, 2.05) is 0 Å². The van der Waals surface area contributed by atoms with Gasteiger partial charge in [-0.1, -0.05) is 26.1 Å². The fraction of sp³-hybridized carbons (Fsp3) is 0.364. The van der Waals surface area contributed by atoms with Crippen LogP contribution in [0.15, 0.2) is 18.2 Å². The van der Waals surface area contributed by atoms with Gasteiger partial charge >= 0.3 is 0 Å². The summed E-state index contributed by atoms with van der Waals surface area (Å²) in [5.74, 6) is -0.584. The second kappa shape index (κ2) is 5.62. The molecule has 0 heterocycles. The van der Waals surface area contributed by atoms with Gasteiger partial charge in [0.1, 0.15) is 10.8 Å². The molecule has 0 aliphatic rings. The van der Waals surface area contributed by atoms with Crippen LogP contribution in [-0.4, -0.2) is 19.2 Å². The summed E-state index contributed by atoms with van der Waals surface area (Å²) in [7, 11) is -3.45. The van der Waals surface area contributed by atoms with E-state index in [4.69, 9.17) is 5.73 Å². The number of nitrogens with two attached hydrogens (primary N) is 1. The van der Waals surface area contributed by atoms with Crippen LogP contribution in [0.2, 0.25) is 0 Å². The molecule has 3 N–H and O–H groups in total. The summed E-state index contributed by atoms with van der Waals surface area (Å²) in [5, 5.41) is 0. The Bertz CT molecular complexity index is 556. The van der Waals surface area contributed by atoms with Crippen molar-refractivity contribution in [2.24, 2.45) is 11.7 Å². The van der Waals surface area contributed by atoms with Crippen LogP contribution in [0.25, 0.3) is 0 Å². The van der Waals surface area contributed by atoms with Crippen LogP contribution < -0.4 is 10.5 Å². The highest BCUT2D eigenvalue weighted by Gasteiger charge is 2.14. The van der Waals surface area contributed by atoms with Gasteiger partial charge in [0.15, 0.2) is 0 Å². The fourth-order valence-electron chi connectivity index (χ4n) is 1.44. The van der Waals surface area contributed by atoms with Crippen LogP contribution in [0.5, 0.6) is 0 Å². The highest BCUT2D eigenvalue weighted by Crippen LogP contribution is 2.16.